The van der Waals surface area contributed by atoms with E-state index in [2.05, 4.69) is 22.8 Å². The molecule has 2 rings (SSSR count). The van der Waals surface area contributed by atoms with Crippen molar-refractivity contribution >= 4 is 19.3 Å². The maximum Gasteiger partial charge on any atom is 0.492 e. The van der Waals surface area contributed by atoms with Crippen LogP contribution in [0.1, 0.15) is 59.6 Å². The molecule has 0 aliphatic carbocycles. The summed E-state index contributed by atoms with van der Waals surface area (Å²) in [4.78, 5) is 12.2. The summed E-state index contributed by atoms with van der Waals surface area (Å²) in [6, 6.07) is 8.24. The molecule has 0 bridgehead atoms. The summed E-state index contributed by atoms with van der Waals surface area (Å²) in [6.07, 6.45) is 1.53. The molecule has 1 heterocycles. The van der Waals surface area contributed by atoms with Crippen molar-refractivity contribution in [2.75, 3.05) is 13.6 Å². The highest BCUT2D eigenvalue weighted by atomic mass is 16.7. The number of carbonyl (C=O) groups is 1. The predicted octanol–water partition coefficient (Wildman–Crippen LogP) is 3.95. The van der Waals surface area contributed by atoms with Gasteiger partial charge >= 0.3 is 13.2 Å². The molecule has 0 spiro atoms. The quantitative estimate of drug-likeness (QED) is 0.706. The molecule has 1 amide bonds. The molecule has 1 saturated heterocycles. The molecular formula is C22H35BN2O4. The van der Waals surface area contributed by atoms with Crippen LogP contribution in [-0.4, -0.2) is 43.6 Å². The highest BCUT2D eigenvalue weighted by Crippen LogP contribution is 2.38. The Hall–Kier alpha value is -1.83. The highest BCUT2D eigenvalue weighted by Gasteiger charge is 2.52. The number of benzene rings is 1. The number of ether oxygens (including phenoxy) is 1. The maximum atomic E-state index is 12.2. The second-order valence-corrected chi connectivity index (χ2v) is 9.43. The van der Waals surface area contributed by atoms with Crippen LogP contribution in [0.2, 0.25) is 0 Å². The van der Waals surface area contributed by atoms with E-state index in [1.165, 1.54) is 5.56 Å². The average Bonchev–Trinajstić information content (AvgIpc) is 2.79. The fourth-order valence-corrected chi connectivity index (χ4v) is 2.84. The Bertz CT molecular complexity index is 720. The van der Waals surface area contributed by atoms with Gasteiger partial charge in [0.1, 0.15) is 5.60 Å². The van der Waals surface area contributed by atoms with Crippen LogP contribution < -0.4 is 10.6 Å². The van der Waals surface area contributed by atoms with Gasteiger partial charge in [0.15, 0.2) is 0 Å². The Balaban J connectivity index is 2.22. The van der Waals surface area contributed by atoms with Crippen LogP contribution in [0, 0.1) is 0 Å². The Morgan fingerprint density at radius 3 is 2.14 bits per heavy atom. The van der Waals surface area contributed by atoms with E-state index in [0.29, 0.717) is 0 Å². The highest BCUT2D eigenvalue weighted by molar-refractivity contribution is 6.56. The molecule has 0 aromatic heterocycles. The summed E-state index contributed by atoms with van der Waals surface area (Å²) in [5, 5.41) is 5.96. The number of hydrogen-bond acceptors (Lipinski definition) is 5. The molecule has 1 aliphatic heterocycles. The van der Waals surface area contributed by atoms with E-state index in [0.717, 1.165) is 17.6 Å². The summed E-state index contributed by atoms with van der Waals surface area (Å²) in [5.74, 6) is 0. The molecule has 7 heteroatoms. The first-order valence-corrected chi connectivity index (χ1v) is 10.1. The molecule has 0 saturated carbocycles. The van der Waals surface area contributed by atoms with Crippen molar-refractivity contribution in [3.63, 3.8) is 0 Å². The zero-order valence-electron chi connectivity index (χ0n) is 19.0. The van der Waals surface area contributed by atoms with Crippen molar-refractivity contribution in [1.82, 2.24) is 10.6 Å². The van der Waals surface area contributed by atoms with Gasteiger partial charge in [0.25, 0.3) is 0 Å². The zero-order chi connectivity index (χ0) is 21.9. The van der Waals surface area contributed by atoms with E-state index < -0.39 is 30.0 Å². The van der Waals surface area contributed by atoms with Crippen molar-refractivity contribution in [1.29, 1.82) is 0 Å². The number of rotatable bonds is 6. The minimum absolute atomic E-state index is 0.268. The van der Waals surface area contributed by atoms with Crippen LogP contribution in [0.15, 0.2) is 29.7 Å². The third-order valence-corrected chi connectivity index (χ3v) is 5.10. The number of alkyl carbamates (subject to hydrolysis) is 1. The van der Waals surface area contributed by atoms with Gasteiger partial charge in [-0.1, -0.05) is 30.3 Å². The van der Waals surface area contributed by atoms with Crippen LogP contribution in [0.25, 0.3) is 6.08 Å². The van der Waals surface area contributed by atoms with Crippen LogP contribution in [0.3, 0.4) is 0 Å². The molecule has 0 unspecified atom stereocenters. The molecule has 1 fully saturated rings. The smallest absolute Gasteiger partial charge is 0.444 e. The van der Waals surface area contributed by atoms with E-state index in [1.807, 2.05) is 73.7 Å². The lowest BCUT2D eigenvalue weighted by Crippen LogP contribution is -2.41. The lowest BCUT2D eigenvalue weighted by atomic mass is 9.77. The molecule has 0 radical (unpaired) electrons. The monoisotopic (exact) mass is 402 g/mol. The summed E-state index contributed by atoms with van der Waals surface area (Å²) in [7, 11) is 1.37. The van der Waals surface area contributed by atoms with E-state index in [9.17, 15) is 4.79 Å². The molecule has 6 nitrogen and oxygen atoms in total. The van der Waals surface area contributed by atoms with Gasteiger partial charge in [-0.3, -0.25) is 0 Å². The Labute approximate surface area is 175 Å². The minimum atomic E-state index is -0.554. The standard InChI is InChI=1S/C22H35BN2O4/c1-20(2,3)27-19(26)25-15-18(23-28-21(4,5)22(6,7)29-23)13-16-9-11-17(12-10-16)14-24-8/h9-13,24H,14-15H2,1-8H3,(H,25,26). The summed E-state index contributed by atoms with van der Waals surface area (Å²) in [5.41, 5.74) is 1.57. The third kappa shape index (κ3) is 6.59. The third-order valence-electron chi connectivity index (χ3n) is 5.10. The molecule has 2 N–H and O–H groups in total. The van der Waals surface area contributed by atoms with Gasteiger partial charge in [0, 0.05) is 13.1 Å². The van der Waals surface area contributed by atoms with Gasteiger partial charge in [0.2, 0.25) is 0 Å². The number of nitrogens with one attached hydrogen (secondary N) is 2. The predicted molar refractivity (Wildman–Crippen MR) is 118 cm³/mol. The largest absolute Gasteiger partial charge is 0.492 e. The summed E-state index contributed by atoms with van der Waals surface area (Å²) >= 11 is 0. The fraction of sp³-hybridized carbons (Fsp3) is 0.591. The van der Waals surface area contributed by atoms with Gasteiger partial charge in [-0.2, -0.15) is 0 Å². The Morgan fingerprint density at radius 2 is 1.66 bits per heavy atom. The van der Waals surface area contributed by atoms with Crippen LogP contribution in [0.4, 0.5) is 4.79 Å². The van der Waals surface area contributed by atoms with Crippen molar-refractivity contribution < 1.29 is 18.8 Å². The van der Waals surface area contributed by atoms with E-state index in [1.54, 1.807) is 0 Å². The molecule has 1 aromatic carbocycles. The fourth-order valence-electron chi connectivity index (χ4n) is 2.84. The van der Waals surface area contributed by atoms with Crippen molar-refractivity contribution in [2.45, 2.75) is 71.8 Å². The summed E-state index contributed by atoms with van der Waals surface area (Å²) in [6.45, 7) is 14.6. The normalized spacial score (nSPS) is 18.6. The average molecular weight is 402 g/mol. The van der Waals surface area contributed by atoms with Gasteiger partial charge in [-0.25, -0.2) is 4.79 Å². The van der Waals surface area contributed by atoms with E-state index in [-0.39, 0.29) is 6.54 Å². The van der Waals surface area contributed by atoms with Crippen LogP contribution in [0.5, 0.6) is 0 Å². The Morgan fingerprint density at radius 1 is 1.10 bits per heavy atom. The van der Waals surface area contributed by atoms with Crippen LogP contribution in [-0.2, 0) is 20.6 Å². The van der Waals surface area contributed by atoms with E-state index in [4.69, 9.17) is 14.0 Å². The minimum Gasteiger partial charge on any atom is -0.444 e. The maximum absolute atomic E-state index is 12.2. The number of hydrogen-bond donors (Lipinski definition) is 2. The molecule has 0 atom stereocenters. The van der Waals surface area contributed by atoms with E-state index >= 15 is 0 Å². The zero-order valence-corrected chi connectivity index (χ0v) is 19.0. The van der Waals surface area contributed by atoms with Crippen molar-refractivity contribution in [2.24, 2.45) is 0 Å². The lowest BCUT2D eigenvalue weighted by molar-refractivity contribution is 0.00578. The Kier molecular flexibility index (Phi) is 7.20. The van der Waals surface area contributed by atoms with Gasteiger partial charge in [-0.05, 0) is 72.1 Å². The first kappa shape index (κ1) is 23.5. The molecular weight excluding hydrogens is 367 g/mol. The molecule has 1 aromatic rings. The number of carbonyl (C=O) groups excluding carboxylic acids is 1. The van der Waals surface area contributed by atoms with Crippen molar-refractivity contribution in [3.05, 3.63) is 40.9 Å². The lowest BCUT2D eigenvalue weighted by Gasteiger charge is -2.32. The van der Waals surface area contributed by atoms with Crippen LogP contribution >= 0.6 is 0 Å². The van der Waals surface area contributed by atoms with Gasteiger partial charge in [0.05, 0.1) is 11.2 Å². The number of amides is 1. The van der Waals surface area contributed by atoms with Gasteiger partial charge < -0.3 is 24.7 Å². The molecule has 1 aliphatic rings. The second-order valence-electron chi connectivity index (χ2n) is 9.43. The van der Waals surface area contributed by atoms with Crippen molar-refractivity contribution in [3.8, 4) is 0 Å². The SMILES string of the molecule is CNCc1ccc(C=C(CNC(=O)OC(C)(C)C)B2OC(C)(C)C(C)(C)O2)cc1. The van der Waals surface area contributed by atoms with Gasteiger partial charge in [-0.15, -0.1) is 0 Å². The molecule has 29 heavy (non-hydrogen) atoms. The first-order valence-electron chi connectivity index (χ1n) is 10.1. The first-order chi connectivity index (χ1) is 13.3. The second kappa shape index (κ2) is 8.90. The topological polar surface area (TPSA) is 68.8 Å². The molecule has 160 valence electrons. The summed E-state index contributed by atoms with van der Waals surface area (Å²) < 4.78 is 17.8.